The van der Waals surface area contributed by atoms with Gasteiger partial charge in [0.1, 0.15) is 58.9 Å². The van der Waals surface area contributed by atoms with Crippen LogP contribution in [0.2, 0.25) is 0 Å². The molecule has 450 valence electrons. The van der Waals surface area contributed by atoms with Gasteiger partial charge >= 0.3 is 0 Å². The summed E-state index contributed by atoms with van der Waals surface area (Å²) in [5, 5.41) is 32.2. The highest BCUT2D eigenvalue weighted by atomic mass is 19.1. The van der Waals surface area contributed by atoms with Crippen molar-refractivity contribution < 1.29 is 38.5 Å². The number of nitrogens with zero attached hydrogens (tertiary/aromatic N) is 14. The normalized spacial score (nSPS) is 16.6. The fourth-order valence-electron chi connectivity index (χ4n) is 12.5. The van der Waals surface area contributed by atoms with Crippen LogP contribution >= 0.6 is 0 Å². The fraction of sp³-hybridized carbons (Fsp3) is 0.323. The molecule has 0 saturated carbocycles. The summed E-state index contributed by atoms with van der Waals surface area (Å²) in [7, 11) is 0. The lowest BCUT2D eigenvalue weighted by Gasteiger charge is -2.38. The molecule has 9 heterocycles. The van der Waals surface area contributed by atoms with E-state index >= 15 is 0 Å². The molecule has 6 aliphatic rings. The zero-order valence-electron chi connectivity index (χ0n) is 48.5. The first-order chi connectivity index (χ1) is 42.3. The van der Waals surface area contributed by atoms with Crippen LogP contribution in [0.15, 0.2) is 136 Å². The zero-order chi connectivity index (χ0) is 60.7. The number of carbonyl (C=O) groups is 3. The quantitative estimate of drug-likeness (QED) is 0.128. The third kappa shape index (κ3) is 12.8. The smallest absolute Gasteiger partial charge is 0.246 e. The van der Waals surface area contributed by atoms with E-state index < -0.39 is 5.82 Å². The van der Waals surface area contributed by atoms with Crippen LogP contribution in [0.1, 0.15) is 33.8 Å². The van der Waals surface area contributed by atoms with Gasteiger partial charge in [0, 0.05) is 150 Å². The number of hydrogen-bond donors (Lipinski definition) is 3. The fourth-order valence-corrected chi connectivity index (χ4v) is 12.5. The third-order valence-corrected chi connectivity index (χ3v) is 17.0. The van der Waals surface area contributed by atoms with Crippen molar-refractivity contribution in [3.05, 3.63) is 181 Å². The van der Waals surface area contributed by atoms with Crippen molar-refractivity contribution in [1.82, 2.24) is 39.6 Å². The largest absolute Gasteiger partial charge is 0.508 e. The van der Waals surface area contributed by atoms with Gasteiger partial charge in [0.25, 0.3) is 0 Å². The van der Waals surface area contributed by atoms with Gasteiger partial charge < -0.3 is 59.4 Å². The number of amides is 3. The molecule has 22 heteroatoms. The van der Waals surface area contributed by atoms with Crippen LogP contribution in [0.25, 0.3) is 10.8 Å². The number of phenolic OH excluding ortho intramolecular Hbond substituents is 3. The number of phenols is 3. The van der Waals surface area contributed by atoms with Gasteiger partial charge in [-0.05, 0) is 79.3 Å². The maximum Gasteiger partial charge on any atom is 0.246 e. The monoisotopic (exact) mass is 1180 g/mol. The predicted molar refractivity (Wildman–Crippen MR) is 331 cm³/mol. The number of carbonyl (C=O) groups excluding carboxylic acids is 3. The van der Waals surface area contributed by atoms with E-state index in [1.165, 1.54) is 78.5 Å². The van der Waals surface area contributed by atoms with Crippen molar-refractivity contribution in [3.63, 3.8) is 0 Å². The molecule has 3 N–H and O–H groups in total. The lowest BCUT2D eigenvalue weighted by molar-refractivity contribution is -0.127. The van der Waals surface area contributed by atoms with Gasteiger partial charge in [-0.25, -0.2) is 28.7 Å². The van der Waals surface area contributed by atoms with Crippen molar-refractivity contribution >= 4 is 62.9 Å². The van der Waals surface area contributed by atoms with Gasteiger partial charge in [0.15, 0.2) is 0 Å². The van der Waals surface area contributed by atoms with E-state index in [-0.39, 0.29) is 46.5 Å². The Morgan fingerprint density at radius 1 is 0.437 bits per heavy atom. The van der Waals surface area contributed by atoms with E-state index in [1.54, 1.807) is 9.80 Å². The predicted octanol–water partition coefficient (Wildman–Crippen LogP) is 6.77. The Kier molecular flexibility index (Phi) is 17.7. The lowest BCUT2D eigenvalue weighted by atomic mass is 9.99. The zero-order valence-corrected chi connectivity index (χ0v) is 48.5. The molecule has 0 radical (unpaired) electrons. The summed E-state index contributed by atoms with van der Waals surface area (Å²) in [6.07, 6.45) is 11.3. The first-order valence-electron chi connectivity index (χ1n) is 29.3. The topological polar surface area (TPSA) is 206 Å². The van der Waals surface area contributed by atoms with Crippen molar-refractivity contribution in [2.24, 2.45) is 0 Å². The molecule has 0 aliphatic carbocycles. The molecule has 20 nitrogen and oxygen atoms in total. The Hall–Kier alpha value is -9.86. The number of aromatic nitrogens is 5. The van der Waals surface area contributed by atoms with Crippen molar-refractivity contribution in [2.75, 3.05) is 128 Å². The first-order valence-corrected chi connectivity index (χ1v) is 29.3. The van der Waals surface area contributed by atoms with Crippen LogP contribution in [0.5, 0.6) is 17.2 Å². The number of rotatable bonds is 9. The molecule has 3 amide bonds. The molecular formula is C65H70F2N14O6. The highest BCUT2D eigenvalue weighted by Crippen LogP contribution is 2.38. The molecule has 3 fully saturated rings. The average Bonchev–Trinajstić information content (AvgIpc) is 2.59. The Morgan fingerprint density at radius 2 is 0.931 bits per heavy atom. The molecule has 3 saturated heterocycles. The van der Waals surface area contributed by atoms with E-state index in [4.69, 9.17) is 4.98 Å². The van der Waals surface area contributed by atoms with Crippen molar-refractivity contribution in [1.29, 1.82) is 0 Å². The molecule has 0 bridgehead atoms. The Morgan fingerprint density at radius 3 is 1.49 bits per heavy atom. The average molecular weight is 1180 g/mol. The summed E-state index contributed by atoms with van der Waals surface area (Å²) in [6.45, 7) is 22.7. The van der Waals surface area contributed by atoms with Crippen LogP contribution in [0, 0.1) is 11.6 Å². The van der Waals surface area contributed by atoms with Gasteiger partial charge in [-0.2, -0.15) is 0 Å². The molecule has 4 aromatic carbocycles. The second kappa shape index (κ2) is 26.2. The summed E-state index contributed by atoms with van der Waals surface area (Å²) in [5.41, 5.74) is 9.08. The molecule has 0 unspecified atom stereocenters. The van der Waals surface area contributed by atoms with E-state index in [1.807, 2.05) is 51.2 Å². The van der Waals surface area contributed by atoms with Gasteiger partial charge in [0.2, 0.25) is 17.7 Å². The van der Waals surface area contributed by atoms with Gasteiger partial charge in [-0.1, -0.05) is 50.1 Å². The number of piperazine rings is 3. The van der Waals surface area contributed by atoms with E-state index in [2.05, 4.69) is 71.4 Å². The van der Waals surface area contributed by atoms with Crippen LogP contribution < -0.4 is 29.4 Å². The number of pyridine rings is 1. The molecule has 0 spiro atoms. The SMILES string of the molecule is C=CC(=O)N1CCN(c2ccnc3c2CCN(c2cc(O)cc4ccccc24)C3)CC1.C=CC(=O)N1CCN(c2ncnc3c2CCN(c2c(O)cccc2F)C3)CC1.C=CC(=O)N1CCN(c2ncnc3c2CCN(c2cc(O)ccc2F)C3)CC1. The first kappa shape index (κ1) is 58.9. The summed E-state index contributed by atoms with van der Waals surface area (Å²) in [5.74, 6) is 1.13. The number of hydrogen-bond acceptors (Lipinski definition) is 17. The number of halogens is 2. The summed E-state index contributed by atoms with van der Waals surface area (Å²) < 4.78 is 28.4. The Balaban J connectivity index is 0.000000135. The minimum atomic E-state index is -0.444. The van der Waals surface area contributed by atoms with Crippen molar-refractivity contribution in [3.8, 4) is 17.2 Å². The van der Waals surface area contributed by atoms with E-state index in [0.717, 1.165) is 82.4 Å². The Labute approximate surface area is 503 Å². The molecule has 13 rings (SSSR count). The molecule has 87 heavy (non-hydrogen) atoms. The molecular weight excluding hydrogens is 1110 g/mol. The maximum atomic E-state index is 14.2. The van der Waals surface area contributed by atoms with Gasteiger partial charge in [-0.15, -0.1) is 0 Å². The maximum absolute atomic E-state index is 14.2. The second-order valence-electron chi connectivity index (χ2n) is 22.0. The third-order valence-electron chi connectivity index (χ3n) is 17.0. The molecule has 0 atom stereocenters. The van der Waals surface area contributed by atoms with Gasteiger partial charge in [-0.3, -0.25) is 19.4 Å². The highest BCUT2D eigenvalue weighted by molar-refractivity contribution is 5.96. The molecule has 3 aromatic heterocycles. The highest BCUT2D eigenvalue weighted by Gasteiger charge is 2.32. The number of para-hydroxylation sites is 1. The van der Waals surface area contributed by atoms with Crippen LogP contribution in [0.3, 0.4) is 0 Å². The number of anilines is 6. The van der Waals surface area contributed by atoms with Crippen LogP contribution in [0.4, 0.5) is 43.2 Å². The lowest BCUT2D eigenvalue weighted by Crippen LogP contribution is -2.49. The van der Waals surface area contributed by atoms with E-state index in [0.29, 0.717) is 117 Å². The van der Waals surface area contributed by atoms with Crippen LogP contribution in [-0.2, 0) is 53.3 Å². The number of fused-ring (bicyclic) bond motifs is 4. The van der Waals surface area contributed by atoms with Crippen LogP contribution in [-0.4, -0.2) is 171 Å². The van der Waals surface area contributed by atoms with E-state index in [9.17, 15) is 38.5 Å². The summed E-state index contributed by atoms with van der Waals surface area (Å²) >= 11 is 0. The van der Waals surface area contributed by atoms with Gasteiger partial charge in [0.05, 0.1) is 42.4 Å². The minimum Gasteiger partial charge on any atom is -0.508 e. The minimum absolute atomic E-state index is 0.00499. The second-order valence-corrected chi connectivity index (χ2v) is 22.0. The standard InChI is InChI=1S/C25H26N4O2.2C20H22FN5O2/c1-2-25(31)28-13-11-27(12-14-28)23-7-9-26-22-17-29(10-8-21(22)23)24-16-19(30)15-18-5-3-4-6-20(18)24;1-2-19(28)24-7-9-25(10-8-24)20-15-5-6-26(12-17(15)22-13-23-20)18-11-14(27)3-4-16(18)21;1-2-18(28)24-8-10-25(11-9-24)20-14-6-7-26(12-16(14)22-13-23-20)19-15(21)4-3-5-17(19)27/h2-7,9,15-16,30H,1,8,10-14,17H2;2-4,11,13,27H,1,5-10,12H2;2-5,13,27H,1,6-12H2. The Bertz CT molecular complexity index is 3710. The number of aromatic hydroxyl groups is 3. The summed E-state index contributed by atoms with van der Waals surface area (Å²) in [6, 6.07) is 22.3. The number of benzene rings is 4. The van der Waals surface area contributed by atoms with Crippen molar-refractivity contribution in [2.45, 2.75) is 38.9 Å². The summed E-state index contributed by atoms with van der Waals surface area (Å²) in [4.78, 5) is 76.1. The molecule has 6 aliphatic heterocycles. The molecule has 7 aromatic rings.